The second kappa shape index (κ2) is 5.84. The molecule has 0 atom stereocenters. The Hall–Kier alpha value is 0.0764. The van der Waals surface area contributed by atoms with E-state index >= 15 is 0 Å². The van der Waals surface area contributed by atoms with Gasteiger partial charge in [0.15, 0.2) is 0 Å². The van der Waals surface area contributed by atoms with Crippen molar-refractivity contribution in [3.05, 3.63) is 60.7 Å². The molecule has 0 nitrogen and oxygen atoms in total. The number of benzene rings is 2. The molecule has 0 bridgehead atoms. The quantitative estimate of drug-likeness (QED) is 0.526. The summed E-state index contributed by atoms with van der Waals surface area (Å²) in [6.45, 7) is 3.76. The molecular weight excluding hydrogens is 195 g/mol. The molecule has 0 aliphatic heterocycles. The average Bonchev–Trinajstić information content (AvgIpc) is 2.19. The van der Waals surface area contributed by atoms with E-state index in [0.29, 0.717) is 0 Å². The van der Waals surface area contributed by atoms with Gasteiger partial charge in [-0.2, -0.15) is 0 Å². The van der Waals surface area contributed by atoms with Crippen LogP contribution in [0.2, 0.25) is 0 Å². The number of fused-ring (bicyclic) bond motifs is 1. The molecule has 0 spiro atoms. The van der Waals surface area contributed by atoms with Crippen molar-refractivity contribution in [1.82, 2.24) is 0 Å². The van der Waals surface area contributed by atoms with E-state index in [-0.39, 0.29) is 51.4 Å². The molecular formula is C13H13K. The van der Waals surface area contributed by atoms with Crippen molar-refractivity contribution >= 4 is 62.2 Å². The number of rotatable bonds is 2. The van der Waals surface area contributed by atoms with E-state index in [0.717, 1.165) is 6.42 Å². The molecule has 0 fully saturated rings. The van der Waals surface area contributed by atoms with Crippen LogP contribution in [-0.2, 0) is 6.42 Å². The van der Waals surface area contributed by atoms with E-state index in [1.54, 1.807) is 0 Å². The van der Waals surface area contributed by atoms with E-state index in [9.17, 15) is 0 Å². The van der Waals surface area contributed by atoms with Gasteiger partial charge in [0, 0.05) is 0 Å². The molecule has 0 aliphatic rings. The molecule has 0 amide bonds. The summed E-state index contributed by atoms with van der Waals surface area (Å²) in [5, 5.41) is 2.65. The van der Waals surface area contributed by atoms with Crippen LogP contribution in [0, 0.1) is 0 Å². The standard InChI is InChI=1S/C13H12.K.H/c1-2-6-11-8-5-9-12-7-3-4-10-13(11)12;;/h2-5,7-10H,1,6H2;;. The Morgan fingerprint density at radius 3 is 2.50 bits per heavy atom. The van der Waals surface area contributed by atoms with Gasteiger partial charge in [-0.1, -0.05) is 48.5 Å². The first kappa shape index (κ1) is 12.1. The number of hydrogen-bond acceptors (Lipinski definition) is 0. The SMILES string of the molecule is C=CCc1cccc2ccccc12.[KH]. The van der Waals surface area contributed by atoms with Crippen LogP contribution in [0.15, 0.2) is 55.1 Å². The summed E-state index contributed by atoms with van der Waals surface area (Å²) in [5.41, 5.74) is 1.35. The third-order valence-corrected chi connectivity index (χ3v) is 2.24. The molecule has 0 saturated heterocycles. The van der Waals surface area contributed by atoms with Gasteiger partial charge >= 0.3 is 51.4 Å². The van der Waals surface area contributed by atoms with Gasteiger partial charge in [0.05, 0.1) is 0 Å². The summed E-state index contributed by atoms with van der Waals surface area (Å²) in [5.74, 6) is 0. The molecule has 0 N–H and O–H groups in total. The Morgan fingerprint density at radius 2 is 1.71 bits per heavy atom. The minimum atomic E-state index is 0. The van der Waals surface area contributed by atoms with Crippen LogP contribution in [0.1, 0.15) is 5.56 Å². The zero-order valence-electron chi connectivity index (χ0n) is 7.53. The molecule has 14 heavy (non-hydrogen) atoms. The van der Waals surface area contributed by atoms with Crippen molar-refractivity contribution in [3.8, 4) is 0 Å². The molecule has 0 saturated carbocycles. The second-order valence-corrected chi connectivity index (χ2v) is 3.13. The van der Waals surface area contributed by atoms with Crippen molar-refractivity contribution in [2.45, 2.75) is 6.42 Å². The average molecular weight is 208 g/mol. The van der Waals surface area contributed by atoms with Crippen LogP contribution in [0.25, 0.3) is 10.8 Å². The van der Waals surface area contributed by atoms with Crippen LogP contribution in [0.4, 0.5) is 0 Å². The summed E-state index contributed by atoms with van der Waals surface area (Å²) in [7, 11) is 0. The molecule has 0 aliphatic carbocycles. The van der Waals surface area contributed by atoms with E-state index in [1.165, 1.54) is 16.3 Å². The molecule has 1 heteroatoms. The van der Waals surface area contributed by atoms with Gasteiger partial charge in [-0.25, -0.2) is 0 Å². The Kier molecular flexibility index (Phi) is 5.06. The van der Waals surface area contributed by atoms with Crippen molar-refractivity contribution < 1.29 is 0 Å². The van der Waals surface area contributed by atoms with Gasteiger partial charge in [-0.15, -0.1) is 6.58 Å². The van der Waals surface area contributed by atoms with Gasteiger partial charge in [0.25, 0.3) is 0 Å². The fourth-order valence-corrected chi connectivity index (χ4v) is 1.63. The van der Waals surface area contributed by atoms with Gasteiger partial charge in [-0.05, 0) is 22.8 Å². The summed E-state index contributed by atoms with van der Waals surface area (Å²) < 4.78 is 0. The summed E-state index contributed by atoms with van der Waals surface area (Å²) in [6.07, 6.45) is 2.89. The molecule has 2 aromatic rings. The van der Waals surface area contributed by atoms with Gasteiger partial charge in [0.2, 0.25) is 0 Å². The second-order valence-electron chi connectivity index (χ2n) is 3.13. The zero-order valence-corrected chi connectivity index (χ0v) is 7.53. The molecule has 0 unspecified atom stereocenters. The Labute approximate surface area is 127 Å². The van der Waals surface area contributed by atoms with E-state index in [1.807, 2.05) is 6.08 Å². The molecule has 0 aromatic heterocycles. The van der Waals surface area contributed by atoms with E-state index < -0.39 is 0 Å². The monoisotopic (exact) mass is 208 g/mol. The van der Waals surface area contributed by atoms with Crippen molar-refractivity contribution in [2.75, 3.05) is 0 Å². The Bertz CT molecular complexity index is 427. The molecule has 2 rings (SSSR count). The van der Waals surface area contributed by atoms with Crippen LogP contribution in [-0.4, -0.2) is 51.4 Å². The van der Waals surface area contributed by atoms with Crippen molar-refractivity contribution in [2.24, 2.45) is 0 Å². The van der Waals surface area contributed by atoms with Crippen LogP contribution >= 0.6 is 0 Å². The predicted octanol–water partition coefficient (Wildman–Crippen LogP) is 2.92. The maximum absolute atomic E-state index is 3.76. The number of allylic oxidation sites excluding steroid dienone is 1. The van der Waals surface area contributed by atoms with Crippen LogP contribution in [0.3, 0.4) is 0 Å². The molecule has 66 valence electrons. The molecule has 2 aromatic carbocycles. The molecule has 0 radical (unpaired) electrons. The maximum atomic E-state index is 3.76. The van der Waals surface area contributed by atoms with Crippen LogP contribution < -0.4 is 0 Å². The zero-order chi connectivity index (χ0) is 9.10. The van der Waals surface area contributed by atoms with Gasteiger partial charge in [0.1, 0.15) is 0 Å². The van der Waals surface area contributed by atoms with Gasteiger partial charge in [-0.3, -0.25) is 0 Å². The fourth-order valence-electron chi connectivity index (χ4n) is 1.63. The minimum absolute atomic E-state index is 0. The third-order valence-electron chi connectivity index (χ3n) is 2.24. The first-order chi connectivity index (χ1) is 6.42. The Morgan fingerprint density at radius 1 is 1.00 bits per heavy atom. The normalized spacial score (nSPS) is 9.43. The van der Waals surface area contributed by atoms with Crippen LogP contribution in [0.5, 0.6) is 0 Å². The third kappa shape index (κ3) is 2.56. The Balaban J connectivity index is 0.000000980. The van der Waals surface area contributed by atoms with E-state index in [4.69, 9.17) is 0 Å². The van der Waals surface area contributed by atoms with Gasteiger partial charge < -0.3 is 0 Å². The topological polar surface area (TPSA) is 0 Å². The van der Waals surface area contributed by atoms with Crippen molar-refractivity contribution in [3.63, 3.8) is 0 Å². The van der Waals surface area contributed by atoms with Crippen molar-refractivity contribution in [1.29, 1.82) is 0 Å². The summed E-state index contributed by atoms with van der Waals surface area (Å²) in [4.78, 5) is 0. The first-order valence-electron chi connectivity index (χ1n) is 4.49. The first-order valence-corrected chi connectivity index (χ1v) is 4.49. The molecule has 0 heterocycles. The predicted molar refractivity (Wildman–Crippen MR) is 65.0 cm³/mol. The summed E-state index contributed by atoms with van der Waals surface area (Å²) >= 11 is 0. The van der Waals surface area contributed by atoms with E-state index in [2.05, 4.69) is 49.0 Å². The number of hydrogen-bond donors (Lipinski definition) is 0. The fraction of sp³-hybridized carbons (Fsp3) is 0.0769. The summed E-state index contributed by atoms with van der Waals surface area (Å²) in [6, 6.07) is 14.8.